The summed E-state index contributed by atoms with van der Waals surface area (Å²) in [6.45, 7) is 0.290. The fourth-order valence-corrected chi connectivity index (χ4v) is 6.64. The molecule has 0 aliphatic heterocycles. The lowest BCUT2D eigenvalue weighted by Gasteiger charge is -2.15. The highest BCUT2D eigenvalue weighted by Crippen LogP contribution is 2.34. The SMILES string of the molecule is CN(Cc1ccc(Cl)s1)S(=O)(=O)c1cc(CCl)sc1Br. The Morgan fingerprint density at radius 1 is 1.30 bits per heavy atom. The highest BCUT2D eigenvalue weighted by Gasteiger charge is 2.26. The summed E-state index contributed by atoms with van der Waals surface area (Å²) < 4.78 is 27.6. The molecule has 0 N–H and O–H groups in total. The molecule has 0 spiro atoms. The molecule has 20 heavy (non-hydrogen) atoms. The molecule has 0 aliphatic carbocycles. The lowest BCUT2D eigenvalue weighted by atomic mass is 10.5. The third-order valence-corrected chi connectivity index (χ3v) is 8.25. The highest BCUT2D eigenvalue weighted by molar-refractivity contribution is 9.11. The summed E-state index contributed by atoms with van der Waals surface area (Å²) in [6, 6.07) is 5.19. The summed E-state index contributed by atoms with van der Waals surface area (Å²) in [7, 11) is -2.00. The molecule has 0 saturated heterocycles. The predicted octanol–water partition coefficient (Wildman–Crippen LogP) is 4.79. The smallest absolute Gasteiger partial charge is 0.207 e. The van der Waals surface area contributed by atoms with Gasteiger partial charge in [0.1, 0.15) is 4.90 Å². The van der Waals surface area contributed by atoms with Gasteiger partial charge in [0.25, 0.3) is 0 Å². The summed E-state index contributed by atoms with van der Waals surface area (Å²) in [6.07, 6.45) is 0. The van der Waals surface area contributed by atoms with Crippen molar-refractivity contribution in [1.82, 2.24) is 4.31 Å². The van der Waals surface area contributed by atoms with Crippen LogP contribution in [0.5, 0.6) is 0 Å². The van der Waals surface area contributed by atoms with Crippen LogP contribution in [0.4, 0.5) is 0 Å². The van der Waals surface area contributed by atoms with Crippen LogP contribution >= 0.6 is 61.8 Å². The quantitative estimate of drug-likeness (QED) is 0.634. The van der Waals surface area contributed by atoms with Crippen molar-refractivity contribution in [2.75, 3.05) is 7.05 Å². The van der Waals surface area contributed by atoms with Crippen LogP contribution in [0.1, 0.15) is 9.75 Å². The minimum Gasteiger partial charge on any atom is -0.207 e. The number of alkyl halides is 1. The van der Waals surface area contributed by atoms with Crippen molar-refractivity contribution in [2.45, 2.75) is 17.3 Å². The minimum absolute atomic E-state index is 0.253. The molecule has 0 unspecified atom stereocenters. The number of sulfonamides is 1. The van der Waals surface area contributed by atoms with Gasteiger partial charge in [0, 0.05) is 23.3 Å². The Kier molecular flexibility index (Phi) is 5.56. The summed E-state index contributed by atoms with van der Waals surface area (Å²) in [5, 5.41) is 0. The monoisotopic (exact) mass is 433 g/mol. The zero-order chi connectivity index (χ0) is 14.9. The van der Waals surface area contributed by atoms with Gasteiger partial charge in [-0.2, -0.15) is 4.31 Å². The summed E-state index contributed by atoms with van der Waals surface area (Å²) in [5.74, 6) is 0.295. The van der Waals surface area contributed by atoms with E-state index in [2.05, 4.69) is 15.9 Å². The van der Waals surface area contributed by atoms with Gasteiger partial charge in [-0.15, -0.1) is 34.3 Å². The Balaban J connectivity index is 2.26. The normalized spacial score (nSPS) is 12.2. The molecule has 0 aromatic carbocycles. The van der Waals surface area contributed by atoms with Crippen LogP contribution in [0, 0.1) is 0 Å². The molecule has 110 valence electrons. The molecule has 0 radical (unpaired) electrons. The second-order valence-electron chi connectivity index (χ2n) is 3.95. The van der Waals surface area contributed by atoms with Crippen molar-refractivity contribution in [3.8, 4) is 0 Å². The Hall–Kier alpha value is 0.370. The lowest BCUT2D eigenvalue weighted by Crippen LogP contribution is -2.26. The van der Waals surface area contributed by atoms with E-state index in [1.165, 1.54) is 27.0 Å². The lowest BCUT2D eigenvalue weighted by molar-refractivity contribution is 0.469. The van der Waals surface area contributed by atoms with Crippen LogP contribution in [0.25, 0.3) is 0 Å². The van der Waals surface area contributed by atoms with Crippen LogP contribution in [0.3, 0.4) is 0 Å². The molecular weight excluding hydrogens is 425 g/mol. The molecule has 2 aromatic rings. The molecule has 2 rings (SSSR count). The van der Waals surface area contributed by atoms with Crippen molar-refractivity contribution < 1.29 is 8.42 Å². The van der Waals surface area contributed by atoms with Gasteiger partial charge < -0.3 is 0 Å². The van der Waals surface area contributed by atoms with E-state index in [1.54, 1.807) is 19.2 Å². The third-order valence-electron chi connectivity index (χ3n) is 2.53. The number of hydrogen-bond donors (Lipinski definition) is 0. The van der Waals surface area contributed by atoms with Gasteiger partial charge in [0.2, 0.25) is 10.0 Å². The maximum atomic E-state index is 12.5. The zero-order valence-electron chi connectivity index (χ0n) is 10.3. The molecule has 2 aromatic heterocycles. The van der Waals surface area contributed by atoms with Gasteiger partial charge in [0.05, 0.1) is 14.0 Å². The number of rotatable bonds is 5. The van der Waals surface area contributed by atoms with Crippen LogP contribution in [0.2, 0.25) is 4.34 Å². The van der Waals surface area contributed by atoms with Crippen molar-refractivity contribution in [3.63, 3.8) is 0 Å². The second kappa shape index (κ2) is 6.64. The molecule has 3 nitrogen and oxygen atoms in total. The molecule has 0 atom stereocenters. The molecular formula is C11H10BrCl2NO2S3. The van der Waals surface area contributed by atoms with E-state index >= 15 is 0 Å². The number of halogens is 3. The van der Waals surface area contributed by atoms with E-state index in [4.69, 9.17) is 23.2 Å². The van der Waals surface area contributed by atoms with Gasteiger partial charge in [-0.1, -0.05) is 11.6 Å². The average molecular weight is 435 g/mol. The van der Waals surface area contributed by atoms with Gasteiger partial charge in [-0.05, 0) is 34.1 Å². The summed E-state index contributed by atoms with van der Waals surface area (Å²) >= 11 is 17.6. The largest absolute Gasteiger partial charge is 0.245 e. The van der Waals surface area contributed by atoms with Crippen molar-refractivity contribution in [1.29, 1.82) is 0 Å². The van der Waals surface area contributed by atoms with Crippen LogP contribution in [0.15, 0.2) is 26.9 Å². The topological polar surface area (TPSA) is 37.4 Å². The Bertz CT molecular complexity index is 711. The molecule has 9 heteroatoms. The van der Waals surface area contributed by atoms with E-state index < -0.39 is 10.0 Å². The van der Waals surface area contributed by atoms with E-state index in [0.717, 1.165) is 9.75 Å². The molecule has 0 aliphatic rings. The third kappa shape index (κ3) is 3.58. The maximum absolute atomic E-state index is 12.5. The highest BCUT2D eigenvalue weighted by atomic mass is 79.9. The van der Waals surface area contributed by atoms with E-state index in [1.807, 2.05) is 6.07 Å². The minimum atomic E-state index is -3.55. The molecule has 2 heterocycles. The first-order chi connectivity index (χ1) is 9.34. The number of hydrogen-bond acceptors (Lipinski definition) is 4. The average Bonchev–Trinajstić information content (AvgIpc) is 2.95. The Morgan fingerprint density at radius 2 is 2.00 bits per heavy atom. The predicted molar refractivity (Wildman–Crippen MR) is 89.6 cm³/mol. The van der Waals surface area contributed by atoms with Crippen molar-refractivity contribution in [2.24, 2.45) is 0 Å². The fourth-order valence-electron chi connectivity index (χ4n) is 1.55. The van der Waals surface area contributed by atoms with Gasteiger partial charge in [-0.3, -0.25) is 0 Å². The van der Waals surface area contributed by atoms with Crippen molar-refractivity contribution in [3.05, 3.63) is 36.1 Å². The first kappa shape index (κ1) is 16.7. The second-order valence-corrected chi connectivity index (χ2v) is 10.5. The first-order valence-electron chi connectivity index (χ1n) is 5.39. The Morgan fingerprint density at radius 3 is 2.50 bits per heavy atom. The van der Waals surface area contributed by atoms with E-state index in [-0.39, 0.29) is 11.4 Å². The van der Waals surface area contributed by atoms with Crippen LogP contribution < -0.4 is 0 Å². The molecule has 0 amide bonds. The molecule has 0 fully saturated rings. The summed E-state index contributed by atoms with van der Waals surface area (Å²) in [4.78, 5) is 1.96. The molecule has 0 bridgehead atoms. The van der Waals surface area contributed by atoms with Crippen molar-refractivity contribution >= 4 is 71.8 Å². The first-order valence-corrected chi connectivity index (χ1v) is 10.2. The standard InChI is InChI=1S/C11H10BrCl2NO2S3/c1-15(6-7-2-3-10(14)18-7)20(16,17)9-4-8(5-13)19-11(9)12/h2-4H,5-6H2,1H3. The fraction of sp³-hybridized carbons (Fsp3) is 0.273. The zero-order valence-corrected chi connectivity index (χ0v) is 15.8. The maximum Gasteiger partial charge on any atom is 0.245 e. The van der Waals surface area contributed by atoms with Gasteiger partial charge in [-0.25, -0.2) is 8.42 Å². The van der Waals surface area contributed by atoms with Crippen LogP contribution in [-0.4, -0.2) is 19.8 Å². The van der Waals surface area contributed by atoms with Gasteiger partial charge >= 0.3 is 0 Å². The van der Waals surface area contributed by atoms with Crippen LogP contribution in [-0.2, 0) is 22.4 Å². The molecule has 0 saturated carbocycles. The summed E-state index contributed by atoms with van der Waals surface area (Å²) in [5.41, 5.74) is 0. The van der Waals surface area contributed by atoms with E-state index in [9.17, 15) is 8.42 Å². The van der Waals surface area contributed by atoms with E-state index in [0.29, 0.717) is 14.0 Å². The Labute approximate surface area is 144 Å². The van der Waals surface area contributed by atoms with Gasteiger partial charge in [0.15, 0.2) is 0 Å². The number of thiophene rings is 2. The number of nitrogens with zero attached hydrogens (tertiary/aromatic N) is 1.